The smallest absolute Gasteiger partial charge is 0.408 e. The molecule has 2 atom stereocenters. The van der Waals surface area contributed by atoms with Crippen LogP contribution >= 0.6 is 11.8 Å². The van der Waals surface area contributed by atoms with E-state index in [1.165, 1.54) is 11.8 Å². The van der Waals surface area contributed by atoms with Gasteiger partial charge in [0.15, 0.2) is 0 Å². The molecule has 7 nitrogen and oxygen atoms in total. The molecule has 0 saturated carbocycles. The van der Waals surface area contributed by atoms with Crippen LogP contribution in [0, 0.1) is 0 Å². The number of nitrogens with one attached hydrogen (secondary N) is 2. The molecule has 2 aromatic carbocycles. The number of ether oxygens (including phenoxy) is 1. The van der Waals surface area contributed by atoms with Gasteiger partial charge in [-0.05, 0) is 54.0 Å². The van der Waals surface area contributed by atoms with Crippen molar-refractivity contribution < 1.29 is 24.2 Å². The summed E-state index contributed by atoms with van der Waals surface area (Å²) in [5.74, 6) is -1.14. The van der Waals surface area contributed by atoms with Gasteiger partial charge in [-0.2, -0.15) is 11.8 Å². The number of carbonyl (C=O) groups excluding carboxylic acids is 2. The Morgan fingerprint density at radius 1 is 1.09 bits per heavy atom. The Kier molecular flexibility index (Phi) is 8.02. The Hall–Kier alpha value is -3.00. The number of amides is 2. The summed E-state index contributed by atoms with van der Waals surface area (Å²) in [7, 11) is 0. The number of rotatable bonds is 10. The predicted octanol–water partition coefficient (Wildman–Crippen LogP) is 4.02. The molecule has 0 radical (unpaired) electrons. The van der Waals surface area contributed by atoms with E-state index in [4.69, 9.17) is 4.74 Å². The molecule has 8 heteroatoms. The van der Waals surface area contributed by atoms with Crippen LogP contribution in [0.4, 0.5) is 4.79 Å². The average Bonchev–Trinajstić information content (AvgIpc) is 3.13. The molecule has 176 valence electrons. The van der Waals surface area contributed by atoms with Crippen LogP contribution in [-0.4, -0.2) is 53.3 Å². The summed E-state index contributed by atoms with van der Waals surface area (Å²) in [6.45, 7) is 3.45. The quantitative estimate of drug-likeness (QED) is 0.485. The zero-order valence-corrected chi connectivity index (χ0v) is 19.9. The number of carboxylic acids is 1. The van der Waals surface area contributed by atoms with Crippen LogP contribution in [-0.2, 0) is 14.3 Å². The lowest BCUT2D eigenvalue weighted by atomic mass is 9.97. The fourth-order valence-corrected chi connectivity index (χ4v) is 4.45. The monoisotopic (exact) mass is 470 g/mol. The second-order valence-electron chi connectivity index (χ2n) is 8.28. The summed E-state index contributed by atoms with van der Waals surface area (Å²) in [5, 5.41) is 14.6. The van der Waals surface area contributed by atoms with E-state index in [2.05, 4.69) is 22.8 Å². The van der Waals surface area contributed by atoms with Gasteiger partial charge in [0, 0.05) is 5.92 Å². The lowest BCUT2D eigenvalue weighted by Crippen LogP contribution is -2.59. The van der Waals surface area contributed by atoms with Crippen LogP contribution in [0.3, 0.4) is 0 Å². The number of fused-ring (bicyclic) bond motifs is 3. The van der Waals surface area contributed by atoms with Crippen molar-refractivity contribution in [3.8, 4) is 11.1 Å². The molecule has 33 heavy (non-hydrogen) atoms. The fourth-order valence-electron chi connectivity index (χ4n) is 3.98. The van der Waals surface area contributed by atoms with Crippen LogP contribution in [0.15, 0.2) is 48.5 Å². The third-order valence-corrected chi connectivity index (χ3v) is 6.79. The standard InChI is InChI=1S/C25H30N2O5S/c1-4-25(2,23(30)26-21(22(28)29)13-14-33-3)27-24(31)32-15-20-18-11-7-5-9-16(18)17-10-6-8-12-19(17)20/h5-12,20-21H,4,13-15H2,1-3H3,(H,26,30)(H,27,31)(H,28,29)/t21-,25?/m1/s1. The third kappa shape index (κ3) is 5.50. The fraction of sp³-hybridized carbons (Fsp3) is 0.400. The Balaban J connectivity index is 1.65. The van der Waals surface area contributed by atoms with E-state index in [-0.39, 0.29) is 18.9 Å². The molecule has 3 rings (SSSR count). The van der Waals surface area contributed by atoms with Gasteiger partial charge in [0.05, 0.1) is 0 Å². The molecule has 0 fully saturated rings. The van der Waals surface area contributed by atoms with Gasteiger partial charge in [-0.1, -0.05) is 55.5 Å². The predicted molar refractivity (Wildman–Crippen MR) is 129 cm³/mol. The molecule has 1 aliphatic rings. The highest BCUT2D eigenvalue weighted by Crippen LogP contribution is 2.44. The lowest BCUT2D eigenvalue weighted by Gasteiger charge is -2.29. The molecule has 0 bridgehead atoms. The van der Waals surface area contributed by atoms with Gasteiger partial charge in [-0.15, -0.1) is 0 Å². The molecular formula is C25H30N2O5S. The Bertz CT molecular complexity index is 982. The number of benzene rings is 2. The molecule has 0 saturated heterocycles. The van der Waals surface area contributed by atoms with Crippen LogP contribution < -0.4 is 10.6 Å². The summed E-state index contributed by atoms with van der Waals surface area (Å²) in [4.78, 5) is 37.0. The number of carbonyl (C=O) groups is 3. The average molecular weight is 471 g/mol. The zero-order chi connectivity index (χ0) is 24.0. The van der Waals surface area contributed by atoms with Crippen LogP contribution in [0.25, 0.3) is 11.1 Å². The van der Waals surface area contributed by atoms with E-state index in [0.717, 1.165) is 22.3 Å². The highest BCUT2D eigenvalue weighted by molar-refractivity contribution is 7.98. The molecule has 1 aliphatic carbocycles. The molecule has 2 aromatic rings. The van der Waals surface area contributed by atoms with Crippen molar-refractivity contribution in [2.24, 2.45) is 0 Å². The second-order valence-corrected chi connectivity index (χ2v) is 9.27. The maximum Gasteiger partial charge on any atom is 0.408 e. The molecule has 0 spiro atoms. The van der Waals surface area contributed by atoms with E-state index in [0.29, 0.717) is 12.2 Å². The van der Waals surface area contributed by atoms with E-state index >= 15 is 0 Å². The summed E-state index contributed by atoms with van der Waals surface area (Å²) in [5.41, 5.74) is 3.16. The summed E-state index contributed by atoms with van der Waals surface area (Å²) in [6.07, 6.45) is 1.73. The minimum atomic E-state index is -1.30. The minimum Gasteiger partial charge on any atom is -0.480 e. The highest BCUT2D eigenvalue weighted by atomic mass is 32.2. The minimum absolute atomic E-state index is 0.0900. The maximum atomic E-state index is 12.8. The molecule has 1 unspecified atom stereocenters. The zero-order valence-electron chi connectivity index (χ0n) is 19.1. The SMILES string of the molecule is CCC(C)(NC(=O)OCC1c2ccccc2-c2ccccc21)C(=O)N[C@H](CCSC)C(=O)O. The first-order chi connectivity index (χ1) is 15.8. The third-order valence-electron chi connectivity index (χ3n) is 6.14. The van der Waals surface area contributed by atoms with Gasteiger partial charge < -0.3 is 20.5 Å². The van der Waals surface area contributed by atoms with Crippen molar-refractivity contribution in [3.05, 3.63) is 59.7 Å². The molecule has 0 heterocycles. The number of hydrogen-bond acceptors (Lipinski definition) is 5. The van der Waals surface area contributed by atoms with Gasteiger partial charge in [-0.25, -0.2) is 9.59 Å². The Morgan fingerprint density at radius 2 is 1.67 bits per heavy atom. The number of carboxylic acid groups (broad SMARTS) is 1. The summed E-state index contributed by atoms with van der Waals surface area (Å²) < 4.78 is 5.55. The van der Waals surface area contributed by atoms with Crippen LogP contribution in [0.1, 0.15) is 43.7 Å². The van der Waals surface area contributed by atoms with Gasteiger partial charge in [0.25, 0.3) is 0 Å². The topological polar surface area (TPSA) is 105 Å². The molecule has 2 amide bonds. The van der Waals surface area contributed by atoms with Crippen molar-refractivity contribution >= 4 is 29.7 Å². The Labute approximate surface area is 198 Å². The highest BCUT2D eigenvalue weighted by Gasteiger charge is 2.37. The van der Waals surface area contributed by atoms with Gasteiger partial charge in [-0.3, -0.25) is 4.79 Å². The van der Waals surface area contributed by atoms with Crippen LogP contribution in [0.2, 0.25) is 0 Å². The van der Waals surface area contributed by atoms with Crippen molar-refractivity contribution in [1.82, 2.24) is 10.6 Å². The first kappa shape index (κ1) is 24.6. The first-order valence-electron chi connectivity index (χ1n) is 11.0. The van der Waals surface area contributed by atoms with Gasteiger partial charge >= 0.3 is 12.1 Å². The van der Waals surface area contributed by atoms with Crippen LogP contribution in [0.5, 0.6) is 0 Å². The molecule has 3 N–H and O–H groups in total. The van der Waals surface area contributed by atoms with Crippen molar-refractivity contribution in [1.29, 1.82) is 0 Å². The second kappa shape index (κ2) is 10.7. The van der Waals surface area contributed by atoms with Crippen molar-refractivity contribution in [2.45, 2.75) is 44.2 Å². The number of hydrogen-bond donors (Lipinski definition) is 3. The molecule has 0 aliphatic heterocycles. The van der Waals surface area contributed by atoms with E-state index in [1.54, 1.807) is 13.8 Å². The van der Waals surface area contributed by atoms with E-state index < -0.39 is 29.6 Å². The first-order valence-corrected chi connectivity index (χ1v) is 12.4. The number of aliphatic carboxylic acids is 1. The largest absolute Gasteiger partial charge is 0.480 e. The van der Waals surface area contributed by atoms with Crippen molar-refractivity contribution in [2.75, 3.05) is 18.6 Å². The number of thioether (sulfide) groups is 1. The molecular weight excluding hydrogens is 440 g/mol. The normalized spacial score (nSPS) is 15.0. The summed E-state index contributed by atoms with van der Waals surface area (Å²) >= 11 is 1.50. The molecule has 0 aromatic heterocycles. The Morgan fingerprint density at radius 3 is 2.18 bits per heavy atom. The lowest BCUT2D eigenvalue weighted by molar-refractivity contribution is -0.142. The maximum absolute atomic E-state index is 12.8. The van der Waals surface area contributed by atoms with E-state index in [9.17, 15) is 19.5 Å². The van der Waals surface area contributed by atoms with Gasteiger partial charge in [0.2, 0.25) is 5.91 Å². The van der Waals surface area contributed by atoms with Crippen molar-refractivity contribution in [3.63, 3.8) is 0 Å². The number of alkyl carbamates (subject to hydrolysis) is 1. The van der Waals surface area contributed by atoms with E-state index in [1.807, 2.05) is 42.7 Å². The summed E-state index contributed by atoms with van der Waals surface area (Å²) in [6, 6.07) is 15.1. The van der Waals surface area contributed by atoms with Gasteiger partial charge in [0.1, 0.15) is 18.2 Å².